The van der Waals surface area contributed by atoms with Crippen molar-refractivity contribution in [3.05, 3.63) is 0 Å². The molecule has 0 aromatic carbocycles. The van der Waals surface area contributed by atoms with E-state index in [0.29, 0.717) is 6.42 Å². The fraction of sp³-hybridized carbons (Fsp3) is 0.818. The van der Waals surface area contributed by atoms with E-state index in [1.807, 2.05) is 0 Å². The molecule has 94 valence electrons. The third-order valence-electron chi connectivity index (χ3n) is 2.35. The minimum atomic E-state index is -0.0397. The maximum atomic E-state index is 11.2. The quantitative estimate of drug-likeness (QED) is 0.184. The number of carbonyl (C=O) groups excluding carboxylic acids is 1. The highest BCUT2D eigenvalue weighted by Gasteiger charge is 2.01. The van der Waals surface area contributed by atoms with Gasteiger partial charge in [-0.2, -0.15) is 0 Å². The molecule has 0 saturated heterocycles. The number of hydrogen-bond acceptors (Lipinski definition) is 3. The van der Waals surface area contributed by atoms with Crippen LogP contribution >= 0.6 is 0 Å². The summed E-state index contributed by atoms with van der Waals surface area (Å²) in [5, 5.41) is 13.6. The number of amides is 1. The van der Waals surface area contributed by atoms with Crippen molar-refractivity contribution in [2.24, 2.45) is 10.9 Å². The highest BCUT2D eigenvalue weighted by molar-refractivity contribution is 5.86. The van der Waals surface area contributed by atoms with E-state index in [2.05, 4.69) is 17.4 Å². The van der Waals surface area contributed by atoms with Crippen molar-refractivity contribution in [2.45, 2.75) is 51.9 Å². The van der Waals surface area contributed by atoms with Gasteiger partial charge in [0.05, 0.1) is 6.54 Å². The van der Waals surface area contributed by atoms with Crippen LogP contribution in [0.1, 0.15) is 51.9 Å². The molecule has 0 unspecified atom stereocenters. The van der Waals surface area contributed by atoms with E-state index in [1.165, 1.54) is 25.7 Å². The van der Waals surface area contributed by atoms with E-state index < -0.39 is 0 Å². The fourth-order valence-corrected chi connectivity index (χ4v) is 1.38. The van der Waals surface area contributed by atoms with Crippen LogP contribution in [-0.2, 0) is 4.79 Å². The Morgan fingerprint density at radius 3 is 2.50 bits per heavy atom. The van der Waals surface area contributed by atoms with Gasteiger partial charge in [0.25, 0.3) is 0 Å². The molecule has 0 rings (SSSR count). The molecule has 0 spiro atoms. The second-order valence-electron chi connectivity index (χ2n) is 3.89. The lowest BCUT2D eigenvalue weighted by atomic mass is 10.1. The summed E-state index contributed by atoms with van der Waals surface area (Å²) < 4.78 is 0. The van der Waals surface area contributed by atoms with Gasteiger partial charge >= 0.3 is 0 Å². The molecule has 5 nitrogen and oxygen atoms in total. The van der Waals surface area contributed by atoms with Gasteiger partial charge in [0.2, 0.25) is 5.91 Å². The van der Waals surface area contributed by atoms with E-state index in [0.717, 1.165) is 12.8 Å². The number of carbonyl (C=O) groups is 1. The van der Waals surface area contributed by atoms with Crippen LogP contribution in [0, 0.1) is 0 Å². The summed E-state index contributed by atoms with van der Waals surface area (Å²) in [6.45, 7) is 2.30. The molecule has 0 fully saturated rings. The SMILES string of the molecule is CCCCCCCCC(=O)NCC(N)=NO. The molecule has 0 saturated carbocycles. The molecule has 4 N–H and O–H groups in total. The molecule has 0 radical (unpaired) electrons. The molecule has 1 amide bonds. The van der Waals surface area contributed by atoms with Crippen molar-refractivity contribution in [2.75, 3.05) is 6.54 Å². The zero-order chi connectivity index (χ0) is 12.2. The highest BCUT2D eigenvalue weighted by Crippen LogP contribution is 2.06. The van der Waals surface area contributed by atoms with Gasteiger partial charge in [-0.15, -0.1) is 0 Å². The first-order valence-corrected chi connectivity index (χ1v) is 5.93. The lowest BCUT2D eigenvalue weighted by Gasteiger charge is -2.03. The molecular formula is C11H23N3O2. The van der Waals surface area contributed by atoms with Crippen LogP contribution in [0.15, 0.2) is 5.16 Å². The maximum Gasteiger partial charge on any atom is 0.220 e. The Bertz CT molecular complexity index is 217. The number of rotatable bonds is 9. The Hall–Kier alpha value is -1.26. The van der Waals surface area contributed by atoms with Crippen molar-refractivity contribution in [1.82, 2.24) is 5.32 Å². The summed E-state index contributed by atoms with van der Waals surface area (Å²) in [6.07, 6.45) is 7.48. The molecule has 0 aliphatic carbocycles. The third-order valence-corrected chi connectivity index (χ3v) is 2.35. The van der Waals surface area contributed by atoms with Crippen LogP contribution in [0.5, 0.6) is 0 Å². The molecule has 0 aliphatic rings. The molecule has 0 aromatic rings. The van der Waals surface area contributed by atoms with Gasteiger partial charge in [-0.3, -0.25) is 4.79 Å². The zero-order valence-electron chi connectivity index (χ0n) is 10.0. The van der Waals surface area contributed by atoms with Crippen molar-refractivity contribution >= 4 is 11.7 Å². The zero-order valence-corrected chi connectivity index (χ0v) is 10.0. The van der Waals surface area contributed by atoms with Gasteiger partial charge in [-0.1, -0.05) is 44.2 Å². The number of nitrogens with one attached hydrogen (secondary N) is 1. The second-order valence-corrected chi connectivity index (χ2v) is 3.89. The lowest BCUT2D eigenvalue weighted by molar-refractivity contribution is -0.120. The fourth-order valence-electron chi connectivity index (χ4n) is 1.38. The van der Waals surface area contributed by atoms with Crippen LogP contribution in [0.25, 0.3) is 0 Å². The van der Waals surface area contributed by atoms with Crippen molar-refractivity contribution in [3.63, 3.8) is 0 Å². The Balaban J connectivity index is 3.30. The van der Waals surface area contributed by atoms with Crippen LogP contribution in [0.3, 0.4) is 0 Å². The number of oxime groups is 1. The van der Waals surface area contributed by atoms with E-state index in [-0.39, 0.29) is 18.3 Å². The van der Waals surface area contributed by atoms with Crippen LogP contribution in [0.2, 0.25) is 0 Å². The first-order valence-electron chi connectivity index (χ1n) is 5.93. The maximum absolute atomic E-state index is 11.2. The van der Waals surface area contributed by atoms with Crippen LogP contribution < -0.4 is 11.1 Å². The smallest absolute Gasteiger partial charge is 0.220 e. The average molecular weight is 229 g/mol. The van der Waals surface area contributed by atoms with E-state index in [4.69, 9.17) is 10.9 Å². The van der Waals surface area contributed by atoms with Crippen molar-refractivity contribution in [1.29, 1.82) is 0 Å². The Morgan fingerprint density at radius 2 is 1.88 bits per heavy atom. The number of nitrogens with two attached hydrogens (primary N) is 1. The van der Waals surface area contributed by atoms with Gasteiger partial charge in [0, 0.05) is 6.42 Å². The van der Waals surface area contributed by atoms with Crippen LogP contribution in [-0.4, -0.2) is 23.5 Å². The number of hydrogen-bond donors (Lipinski definition) is 3. The van der Waals surface area contributed by atoms with Gasteiger partial charge in [-0.05, 0) is 6.42 Å². The first-order chi connectivity index (χ1) is 7.70. The summed E-state index contributed by atoms with van der Waals surface area (Å²) in [4.78, 5) is 11.2. The third kappa shape index (κ3) is 9.30. The largest absolute Gasteiger partial charge is 0.409 e. The van der Waals surface area contributed by atoms with Crippen LogP contribution in [0.4, 0.5) is 0 Å². The number of nitrogens with zero attached hydrogens (tertiary/aromatic N) is 1. The number of unbranched alkanes of at least 4 members (excludes halogenated alkanes) is 5. The summed E-state index contributed by atoms with van der Waals surface area (Å²) in [5.74, 6) is -0.0154. The van der Waals surface area contributed by atoms with Gasteiger partial charge in [-0.25, -0.2) is 0 Å². The Kier molecular flexibility index (Phi) is 9.46. The van der Waals surface area contributed by atoms with E-state index >= 15 is 0 Å². The minimum absolute atomic E-state index is 0.0243. The highest BCUT2D eigenvalue weighted by atomic mass is 16.4. The van der Waals surface area contributed by atoms with Gasteiger partial charge in [0.1, 0.15) is 0 Å². The van der Waals surface area contributed by atoms with E-state index in [1.54, 1.807) is 0 Å². The molecule has 0 atom stereocenters. The summed E-state index contributed by atoms with van der Waals surface area (Å²) in [6, 6.07) is 0. The Morgan fingerprint density at radius 1 is 1.25 bits per heavy atom. The number of amidine groups is 1. The second kappa shape index (κ2) is 10.3. The topological polar surface area (TPSA) is 87.7 Å². The van der Waals surface area contributed by atoms with Gasteiger partial charge in [0.15, 0.2) is 5.84 Å². The predicted molar refractivity (Wildman–Crippen MR) is 64.4 cm³/mol. The molecular weight excluding hydrogens is 206 g/mol. The molecule has 16 heavy (non-hydrogen) atoms. The molecule has 0 heterocycles. The molecule has 0 aromatic heterocycles. The summed E-state index contributed by atoms with van der Waals surface area (Å²) in [5.41, 5.74) is 5.22. The summed E-state index contributed by atoms with van der Waals surface area (Å²) in [7, 11) is 0. The first kappa shape index (κ1) is 14.7. The lowest BCUT2D eigenvalue weighted by Crippen LogP contribution is -2.33. The van der Waals surface area contributed by atoms with E-state index in [9.17, 15) is 4.79 Å². The standard InChI is InChI=1S/C11H23N3O2/c1-2-3-4-5-6-7-8-11(15)13-9-10(12)14-16/h16H,2-9H2,1H3,(H2,12,14)(H,13,15). The van der Waals surface area contributed by atoms with Gasteiger partial charge < -0.3 is 16.3 Å². The van der Waals surface area contributed by atoms with Crippen molar-refractivity contribution < 1.29 is 10.0 Å². The molecule has 5 heteroatoms. The average Bonchev–Trinajstić information content (AvgIpc) is 2.30. The monoisotopic (exact) mass is 229 g/mol. The Labute approximate surface area is 97.1 Å². The predicted octanol–water partition coefficient (Wildman–Crippen LogP) is 1.60. The summed E-state index contributed by atoms with van der Waals surface area (Å²) >= 11 is 0. The minimum Gasteiger partial charge on any atom is -0.409 e. The normalized spacial score (nSPS) is 11.4. The molecule has 0 aliphatic heterocycles. The van der Waals surface area contributed by atoms with Crippen molar-refractivity contribution in [3.8, 4) is 0 Å². The molecule has 0 bridgehead atoms.